The van der Waals surface area contributed by atoms with E-state index in [0.717, 1.165) is 19.3 Å². The number of rotatable bonds is 9. The number of fused-ring (bicyclic) bond motifs is 2. The van der Waals surface area contributed by atoms with Gasteiger partial charge in [0.15, 0.2) is 0 Å². The van der Waals surface area contributed by atoms with Crippen molar-refractivity contribution in [3.05, 3.63) is 40.4 Å². The molecule has 0 heterocycles. The molecule has 1 aromatic rings. The van der Waals surface area contributed by atoms with Gasteiger partial charge in [0, 0.05) is 13.0 Å². The number of halogens is 2. The second-order valence-electron chi connectivity index (χ2n) is 7.69. The molecule has 8 heteroatoms. The van der Waals surface area contributed by atoms with Gasteiger partial charge in [0.05, 0.1) is 10.0 Å². The van der Waals surface area contributed by atoms with E-state index >= 15 is 0 Å². The fourth-order valence-corrected chi connectivity index (χ4v) is 6.91. The predicted molar refractivity (Wildman–Crippen MR) is 110 cm³/mol. The van der Waals surface area contributed by atoms with Crippen molar-refractivity contribution in [1.82, 2.24) is 4.72 Å². The SMILES string of the molecule is O=C(O)CCC/C=C\[C@H]1C2CC[C@H](C2)C1CNS(=O)(=O)c1c(Cl)cccc1Cl. The highest BCUT2D eigenvalue weighted by atomic mass is 35.5. The van der Waals surface area contributed by atoms with Gasteiger partial charge >= 0.3 is 5.97 Å². The molecule has 2 aliphatic rings. The summed E-state index contributed by atoms with van der Waals surface area (Å²) >= 11 is 12.1. The van der Waals surface area contributed by atoms with Crippen LogP contribution in [0, 0.1) is 23.7 Å². The maximum Gasteiger partial charge on any atom is 0.303 e. The van der Waals surface area contributed by atoms with Gasteiger partial charge in [-0.2, -0.15) is 0 Å². The number of hydrogen-bond donors (Lipinski definition) is 2. The van der Waals surface area contributed by atoms with Gasteiger partial charge in [-0.25, -0.2) is 13.1 Å². The standard InChI is InChI=1S/C20H25Cl2NO4S/c21-17-6-4-7-18(22)20(17)28(26,27)23-12-16-14-10-9-13(11-14)15(16)5-2-1-3-8-19(24)25/h2,4-7,13-16,23H,1,3,8-12H2,(H,24,25)/b5-2-/t13?,14-,15+,16?/m1/s1. The maximum atomic E-state index is 12.8. The molecule has 28 heavy (non-hydrogen) atoms. The van der Waals surface area contributed by atoms with Gasteiger partial charge in [0.1, 0.15) is 4.90 Å². The first-order valence-corrected chi connectivity index (χ1v) is 11.9. The van der Waals surface area contributed by atoms with Gasteiger partial charge in [-0.1, -0.05) is 41.4 Å². The Morgan fingerprint density at radius 2 is 1.89 bits per heavy atom. The van der Waals surface area contributed by atoms with Crippen LogP contribution in [0.5, 0.6) is 0 Å². The first kappa shape index (κ1) is 21.6. The lowest BCUT2D eigenvalue weighted by Gasteiger charge is -2.29. The van der Waals surface area contributed by atoms with Crippen LogP contribution in [-0.4, -0.2) is 26.0 Å². The predicted octanol–water partition coefficient (Wildman–Crippen LogP) is 4.75. The number of allylic oxidation sites excluding steroid dienone is 2. The molecule has 4 atom stereocenters. The lowest BCUT2D eigenvalue weighted by molar-refractivity contribution is -0.137. The normalized spacial score (nSPS) is 26.9. The van der Waals surface area contributed by atoms with E-state index in [-0.39, 0.29) is 27.3 Å². The molecule has 0 aliphatic heterocycles. The van der Waals surface area contributed by atoms with E-state index in [1.54, 1.807) is 6.07 Å². The summed E-state index contributed by atoms with van der Waals surface area (Å²) in [5.74, 6) is 0.888. The lowest BCUT2D eigenvalue weighted by atomic mass is 9.79. The van der Waals surface area contributed by atoms with Crippen molar-refractivity contribution < 1.29 is 18.3 Å². The molecule has 0 radical (unpaired) electrons. The van der Waals surface area contributed by atoms with E-state index in [4.69, 9.17) is 28.3 Å². The highest BCUT2D eigenvalue weighted by Crippen LogP contribution is 2.52. The van der Waals surface area contributed by atoms with Crippen molar-refractivity contribution in [2.75, 3.05) is 6.54 Å². The van der Waals surface area contributed by atoms with Gasteiger partial charge < -0.3 is 5.11 Å². The smallest absolute Gasteiger partial charge is 0.303 e. The van der Waals surface area contributed by atoms with Crippen molar-refractivity contribution >= 4 is 39.2 Å². The molecular formula is C20H25Cl2NO4S. The molecule has 0 amide bonds. The lowest BCUT2D eigenvalue weighted by Crippen LogP contribution is -2.35. The Balaban J connectivity index is 1.65. The van der Waals surface area contributed by atoms with Crippen LogP contribution in [0.2, 0.25) is 10.0 Å². The first-order valence-electron chi connectivity index (χ1n) is 9.61. The number of nitrogens with one attached hydrogen (secondary N) is 1. The van der Waals surface area contributed by atoms with Crippen LogP contribution in [0.3, 0.4) is 0 Å². The fraction of sp³-hybridized carbons (Fsp3) is 0.550. The molecule has 3 rings (SSSR count). The third kappa shape index (κ3) is 4.90. The van der Waals surface area contributed by atoms with Crippen molar-refractivity contribution in [2.45, 2.75) is 43.4 Å². The average Bonchev–Trinajstić information content (AvgIpc) is 3.20. The number of carboxylic acids is 1. The van der Waals surface area contributed by atoms with Gasteiger partial charge in [-0.3, -0.25) is 4.79 Å². The molecule has 2 saturated carbocycles. The molecule has 154 valence electrons. The van der Waals surface area contributed by atoms with E-state index in [0.29, 0.717) is 30.7 Å². The number of hydrogen-bond acceptors (Lipinski definition) is 3. The van der Waals surface area contributed by atoms with Crippen LogP contribution in [0.25, 0.3) is 0 Å². The monoisotopic (exact) mass is 445 g/mol. The number of unbranched alkanes of at least 4 members (excludes halogenated alkanes) is 1. The van der Waals surface area contributed by atoms with Crippen LogP contribution >= 0.6 is 23.2 Å². The molecule has 1 aromatic carbocycles. The molecule has 0 spiro atoms. The van der Waals surface area contributed by atoms with E-state index in [9.17, 15) is 13.2 Å². The Kier molecular flexibility index (Phi) is 7.07. The Labute approximate surface area is 176 Å². The molecule has 2 aliphatic carbocycles. The Bertz CT molecular complexity index is 836. The minimum atomic E-state index is -3.79. The summed E-state index contributed by atoms with van der Waals surface area (Å²) in [6.07, 6.45) is 9.19. The number of carboxylic acid groups (broad SMARTS) is 1. The second kappa shape index (κ2) is 9.16. The first-order chi connectivity index (χ1) is 13.3. The number of aliphatic carboxylic acids is 1. The summed E-state index contributed by atoms with van der Waals surface area (Å²) in [7, 11) is -3.79. The third-order valence-corrected chi connectivity index (χ3v) is 8.35. The average molecular weight is 446 g/mol. The van der Waals surface area contributed by atoms with E-state index in [2.05, 4.69) is 16.9 Å². The maximum absolute atomic E-state index is 12.8. The van der Waals surface area contributed by atoms with E-state index in [1.807, 2.05) is 0 Å². The van der Waals surface area contributed by atoms with Gasteiger partial charge in [0.25, 0.3) is 0 Å². The Hall–Kier alpha value is -1.08. The molecule has 0 aromatic heterocycles. The second-order valence-corrected chi connectivity index (χ2v) is 10.2. The van der Waals surface area contributed by atoms with E-state index < -0.39 is 16.0 Å². The minimum Gasteiger partial charge on any atom is -0.481 e. The summed E-state index contributed by atoms with van der Waals surface area (Å²) in [5.41, 5.74) is 0. The van der Waals surface area contributed by atoms with Crippen molar-refractivity contribution in [1.29, 1.82) is 0 Å². The fourth-order valence-electron chi connectivity index (χ4n) is 4.70. The molecule has 0 saturated heterocycles. The highest BCUT2D eigenvalue weighted by Gasteiger charge is 2.46. The summed E-state index contributed by atoms with van der Waals surface area (Å²) < 4.78 is 28.2. The third-order valence-electron chi connectivity index (χ3n) is 5.97. The van der Waals surface area contributed by atoms with Crippen molar-refractivity contribution in [3.63, 3.8) is 0 Å². The quantitative estimate of drug-likeness (QED) is 0.424. The summed E-state index contributed by atoms with van der Waals surface area (Å²) in [6.45, 7) is 0.356. The zero-order valence-electron chi connectivity index (χ0n) is 15.5. The highest BCUT2D eigenvalue weighted by molar-refractivity contribution is 7.89. The van der Waals surface area contributed by atoms with Crippen molar-refractivity contribution in [3.8, 4) is 0 Å². The van der Waals surface area contributed by atoms with Gasteiger partial charge in [-0.05, 0) is 67.9 Å². The van der Waals surface area contributed by atoms with Crippen LogP contribution < -0.4 is 4.72 Å². The molecule has 5 nitrogen and oxygen atoms in total. The van der Waals surface area contributed by atoms with Crippen LogP contribution in [0.15, 0.2) is 35.2 Å². The minimum absolute atomic E-state index is 0.0674. The molecule has 2 N–H and O–H groups in total. The summed E-state index contributed by atoms with van der Waals surface area (Å²) in [4.78, 5) is 10.5. The molecule has 2 bridgehead atoms. The van der Waals surface area contributed by atoms with Gasteiger partial charge in [-0.15, -0.1) is 0 Å². The van der Waals surface area contributed by atoms with E-state index in [1.165, 1.54) is 18.6 Å². The summed E-state index contributed by atoms with van der Waals surface area (Å²) in [6, 6.07) is 4.65. The van der Waals surface area contributed by atoms with Crippen LogP contribution in [0.4, 0.5) is 0 Å². The zero-order chi connectivity index (χ0) is 20.3. The topological polar surface area (TPSA) is 83.5 Å². The largest absolute Gasteiger partial charge is 0.481 e. The van der Waals surface area contributed by atoms with Gasteiger partial charge in [0.2, 0.25) is 10.0 Å². The van der Waals surface area contributed by atoms with Crippen LogP contribution in [-0.2, 0) is 14.8 Å². The Morgan fingerprint density at radius 1 is 1.21 bits per heavy atom. The summed E-state index contributed by atoms with van der Waals surface area (Å²) in [5, 5.41) is 8.95. The zero-order valence-corrected chi connectivity index (χ0v) is 17.8. The number of sulfonamides is 1. The molecule has 2 fully saturated rings. The van der Waals surface area contributed by atoms with Crippen molar-refractivity contribution in [2.24, 2.45) is 23.7 Å². The van der Waals surface area contributed by atoms with Crippen LogP contribution in [0.1, 0.15) is 38.5 Å². The number of benzene rings is 1. The Morgan fingerprint density at radius 3 is 2.57 bits per heavy atom. The molecular weight excluding hydrogens is 421 g/mol. The number of carbonyl (C=O) groups is 1. The molecule has 2 unspecified atom stereocenters.